The summed E-state index contributed by atoms with van der Waals surface area (Å²) in [7, 11) is 0. The Morgan fingerprint density at radius 3 is 2.46 bits per heavy atom. The van der Waals surface area contributed by atoms with Crippen molar-refractivity contribution in [2.45, 2.75) is 6.54 Å². The van der Waals surface area contributed by atoms with Crippen molar-refractivity contribution < 1.29 is 18.9 Å². The molecule has 0 aromatic heterocycles. The van der Waals surface area contributed by atoms with Crippen molar-refractivity contribution in [2.24, 2.45) is 0 Å². The summed E-state index contributed by atoms with van der Waals surface area (Å²) in [6, 6.07) is 5.94. The average Bonchev–Trinajstić information content (AvgIpc) is 2.86. The van der Waals surface area contributed by atoms with Gasteiger partial charge in [-0.05, 0) is 41.6 Å². The first-order valence-corrected chi connectivity index (χ1v) is 9.45. The first-order chi connectivity index (χ1) is 13.2. The summed E-state index contributed by atoms with van der Waals surface area (Å²) < 4.78 is 13.2. The third kappa shape index (κ3) is 4.15. The minimum absolute atomic E-state index is 0.0294. The van der Waals surface area contributed by atoms with Gasteiger partial charge in [0.25, 0.3) is 16.8 Å². The second kappa shape index (κ2) is 8.08. The van der Waals surface area contributed by atoms with Crippen LogP contribution in [-0.2, 0) is 11.3 Å². The molecule has 1 saturated heterocycles. The quantitative estimate of drug-likeness (QED) is 0.320. The molecular weight excluding hydrogens is 454 g/mol. The van der Waals surface area contributed by atoms with Crippen molar-refractivity contribution in [3.63, 3.8) is 0 Å². The normalized spacial score (nSPS) is 15.6. The van der Waals surface area contributed by atoms with E-state index in [1.54, 1.807) is 0 Å². The average molecular weight is 462 g/mol. The molecule has 0 radical (unpaired) electrons. The van der Waals surface area contributed by atoms with E-state index in [1.807, 2.05) is 0 Å². The van der Waals surface area contributed by atoms with Crippen molar-refractivity contribution in [1.29, 1.82) is 0 Å². The molecule has 2 amide bonds. The number of hydrogen-bond donors (Lipinski definition) is 0. The number of amides is 2. The van der Waals surface area contributed by atoms with Crippen LogP contribution in [0.1, 0.15) is 11.1 Å². The predicted octanol–water partition coefficient (Wildman–Crippen LogP) is 5.93. The number of halogens is 4. The fourth-order valence-corrected chi connectivity index (χ4v) is 3.96. The molecule has 3 rings (SSSR count). The topological polar surface area (TPSA) is 80.5 Å². The SMILES string of the molecule is O=C1S/C(=C\c2cc([N+](=O)[O-])c(Cl)cc2Cl)C(=O)N1Cc1ccc(F)cc1Cl. The van der Waals surface area contributed by atoms with Gasteiger partial charge in [-0.3, -0.25) is 24.6 Å². The largest absolute Gasteiger partial charge is 0.293 e. The lowest BCUT2D eigenvalue weighted by atomic mass is 10.1. The van der Waals surface area contributed by atoms with Crippen LogP contribution in [0.5, 0.6) is 0 Å². The number of carbonyl (C=O) groups excluding carboxylic acids is 2. The first-order valence-electron chi connectivity index (χ1n) is 7.50. The molecule has 2 aromatic rings. The second-order valence-corrected chi connectivity index (χ2v) is 7.80. The van der Waals surface area contributed by atoms with Gasteiger partial charge >= 0.3 is 0 Å². The van der Waals surface area contributed by atoms with Crippen LogP contribution < -0.4 is 0 Å². The molecule has 0 aliphatic carbocycles. The number of imide groups is 1. The Bertz CT molecular complexity index is 1060. The summed E-state index contributed by atoms with van der Waals surface area (Å²) in [6.45, 7) is -0.143. The van der Waals surface area contributed by atoms with Gasteiger partial charge in [-0.25, -0.2) is 4.39 Å². The van der Waals surface area contributed by atoms with Crippen LogP contribution in [0.25, 0.3) is 6.08 Å². The number of benzene rings is 2. The molecule has 6 nitrogen and oxygen atoms in total. The van der Waals surface area contributed by atoms with E-state index >= 15 is 0 Å². The highest BCUT2D eigenvalue weighted by molar-refractivity contribution is 8.18. The zero-order chi connectivity index (χ0) is 20.6. The zero-order valence-electron chi connectivity index (χ0n) is 13.6. The molecule has 1 aliphatic rings. The van der Waals surface area contributed by atoms with E-state index in [1.165, 1.54) is 24.3 Å². The molecule has 0 N–H and O–H groups in total. The highest BCUT2D eigenvalue weighted by Gasteiger charge is 2.35. The molecule has 11 heteroatoms. The minimum atomic E-state index is -0.682. The van der Waals surface area contributed by atoms with Crippen LogP contribution in [0.3, 0.4) is 0 Å². The number of nitro groups is 1. The van der Waals surface area contributed by atoms with Crippen LogP contribution in [0.15, 0.2) is 35.2 Å². The van der Waals surface area contributed by atoms with Gasteiger partial charge in [-0.2, -0.15) is 0 Å². The number of nitrogens with zero attached hydrogens (tertiary/aromatic N) is 2. The van der Waals surface area contributed by atoms with E-state index in [0.717, 1.165) is 17.0 Å². The van der Waals surface area contributed by atoms with E-state index in [-0.39, 0.29) is 37.8 Å². The number of nitro benzene ring substituents is 1. The van der Waals surface area contributed by atoms with E-state index < -0.39 is 21.9 Å². The third-order valence-electron chi connectivity index (χ3n) is 3.77. The van der Waals surface area contributed by atoms with Crippen LogP contribution in [-0.4, -0.2) is 21.0 Å². The maximum absolute atomic E-state index is 13.2. The maximum Gasteiger partial charge on any atom is 0.293 e. The Hall–Kier alpha value is -2.13. The predicted molar refractivity (Wildman–Crippen MR) is 106 cm³/mol. The van der Waals surface area contributed by atoms with E-state index in [4.69, 9.17) is 34.8 Å². The van der Waals surface area contributed by atoms with Gasteiger partial charge in [0.15, 0.2) is 0 Å². The molecule has 0 saturated carbocycles. The number of thioether (sulfide) groups is 1. The Balaban J connectivity index is 1.91. The lowest BCUT2D eigenvalue weighted by molar-refractivity contribution is -0.384. The molecule has 144 valence electrons. The lowest BCUT2D eigenvalue weighted by Crippen LogP contribution is -2.27. The second-order valence-electron chi connectivity index (χ2n) is 5.59. The molecular formula is C17H8Cl3FN2O4S. The monoisotopic (exact) mass is 460 g/mol. The summed E-state index contributed by atoms with van der Waals surface area (Å²) >= 11 is 18.4. The van der Waals surface area contributed by atoms with Crippen molar-refractivity contribution in [2.75, 3.05) is 0 Å². The van der Waals surface area contributed by atoms with Crippen LogP contribution in [0.2, 0.25) is 15.1 Å². The van der Waals surface area contributed by atoms with Gasteiger partial charge in [0, 0.05) is 21.7 Å². The minimum Gasteiger partial charge on any atom is -0.268 e. The smallest absolute Gasteiger partial charge is 0.268 e. The number of hydrogen-bond acceptors (Lipinski definition) is 5. The summed E-state index contributed by atoms with van der Waals surface area (Å²) in [5, 5.41) is 10.5. The Morgan fingerprint density at radius 2 is 1.82 bits per heavy atom. The maximum atomic E-state index is 13.2. The standard InChI is InChI=1S/C17H8Cl3FN2O4S/c18-11-5-10(21)2-1-8(11)7-22-16(24)15(28-17(22)25)4-9-3-14(23(26)27)13(20)6-12(9)19/h1-6H,7H2/b15-4-. The Kier molecular flexibility index (Phi) is 5.95. The zero-order valence-corrected chi connectivity index (χ0v) is 16.7. The highest BCUT2D eigenvalue weighted by atomic mass is 35.5. The van der Waals surface area contributed by atoms with Gasteiger partial charge in [-0.1, -0.05) is 40.9 Å². The van der Waals surface area contributed by atoms with Crippen LogP contribution in [0.4, 0.5) is 14.9 Å². The Morgan fingerprint density at radius 1 is 1.11 bits per heavy atom. The molecule has 0 unspecified atom stereocenters. The number of rotatable bonds is 4. The molecule has 0 bridgehead atoms. The van der Waals surface area contributed by atoms with E-state index in [0.29, 0.717) is 17.3 Å². The van der Waals surface area contributed by atoms with Crippen molar-refractivity contribution in [3.8, 4) is 0 Å². The molecule has 0 atom stereocenters. The van der Waals surface area contributed by atoms with Crippen LogP contribution >= 0.6 is 46.6 Å². The molecule has 1 aliphatic heterocycles. The summed E-state index contributed by atoms with van der Waals surface area (Å²) in [4.78, 5) is 36.1. The van der Waals surface area contributed by atoms with Gasteiger partial charge in [0.2, 0.25) is 0 Å². The molecule has 0 spiro atoms. The first kappa shape index (κ1) is 20.6. The summed E-state index contributed by atoms with van der Waals surface area (Å²) in [5.41, 5.74) is 0.185. The van der Waals surface area contributed by atoms with Crippen molar-refractivity contribution in [3.05, 3.63) is 77.4 Å². The Labute approximate surface area is 177 Å². The lowest BCUT2D eigenvalue weighted by Gasteiger charge is -2.13. The molecule has 2 aromatic carbocycles. The van der Waals surface area contributed by atoms with Gasteiger partial charge in [0.1, 0.15) is 10.8 Å². The van der Waals surface area contributed by atoms with Crippen molar-refractivity contribution >= 4 is 69.5 Å². The van der Waals surface area contributed by atoms with E-state index in [2.05, 4.69) is 0 Å². The van der Waals surface area contributed by atoms with E-state index in [9.17, 15) is 24.1 Å². The van der Waals surface area contributed by atoms with Gasteiger partial charge in [0.05, 0.1) is 16.4 Å². The van der Waals surface area contributed by atoms with Gasteiger partial charge in [-0.15, -0.1) is 0 Å². The summed E-state index contributed by atoms with van der Waals surface area (Å²) in [5.74, 6) is -1.16. The van der Waals surface area contributed by atoms with Crippen molar-refractivity contribution in [1.82, 2.24) is 4.90 Å². The molecule has 28 heavy (non-hydrogen) atoms. The summed E-state index contributed by atoms with van der Waals surface area (Å²) in [6.07, 6.45) is 1.28. The highest BCUT2D eigenvalue weighted by Crippen LogP contribution is 2.37. The molecule has 1 heterocycles. The number of carbonyl (C=O) groups is 2. The fraction of sp³-hybridized carbons (Fsp3) is 0.0588. The fourth-order valence-electron chi connectivity index (χ4n) is 2.40. The van der Waals surface area contributed by atoms with Gasteiger partial charge < -0.3 is 0 Å². The third-order valence-corrected chi connectivity index (χ3v) is 5.66. The molecule has 1 fully saturated rings. The van der Waals surface area contributed by atoms with Crippen LogP contribution in [0, 0.1) is 15.9 Å².